The highest BCUT2D eigenvalue weighted by Crippen LogP contribution is 2.09. The summed E-state index contributed by atoms with van der Waals surface area (Å²) in [6.45, 7) is 7.77. The van der Waals surface area contributed by atoms with Crippen molar-refractivity contribution in [3.05, 3.63) is 0 Å². The molecular weight excluding hydrogens is 224 g/mol. The molecule has 16 heavy (non-hydrogen) atoms. The third-order valence-corrected chi connectivity index (χ3v) is 4.25. The monoisotopic (exact) mass is 250 g/mol. The summed E-state index contributed by atoms with van der Waals surface area (Å²) < 4.78 is 25.6. The summed E-state index contributed by atoms with van der Waals surface area (Å²) >= 11 is 0. The highest BCUT2D eigenvalue weighted by molar-refractivity contribution is 7.89. The molecule has 0 aromatic rings. The quantitative estimate of drug-likeness (QED) is 0.673. The van der Waals surface area contributed by atoms with Crippen LogP contribution in [0.25, 0.3) is 0 Å². The molecule has 0 aliphatic rings. The van der Waals surface area contributed by atoms with E-state index in [1.165, 1.54) is 0 Å². The van der Waals surface area contributed by atoms with Gasteiger partial charge in [0.15, 0.2) is 0 Å². The molecule has 0 saturated carbocycles. The van der Waals surface area contributed by atoms with E-state index in [2.05, 4.69) is 0 Å². The SMILES string of the molecule is CCCCS(=O)(=O)N(CCCN)CC(C)C. The van der Waals surface area contributed by atoms with Gasteiger partial charge in [-0.2, -0.15) is 0 Å². The van der Waals surface area contributed by atoms with Crippen LogP contribution in [0.15, 0.2) is 0 Å². The number of unbranched alkanes of at least 4 members (excludes halogenated alkanes) is 1. The highest BCUT2D eigenvalue weighted by atomic mass is 32.2. The third-order valence-electron chi connectivity index (χ3n) is 2.33. The fourth-order valence-corrected chi connectivity index (χ4v) is 3.32. The first-order chi connectivity index (χ1) is 7.44. The van der Waals surface area contributed by atoms with Crippen LogP contribution in [0.5, 0.6) is 0 Å². The Morgan fingerprint density at radius 1 is 1.25 bits per heavy atom. The van der Waals surface area contributed by atoms with Gasteiger partial charge in [0.05, 0.1) is 5.75 Å². The standard InChI is InChI=1S/C11H26N2O2S/c1-4-5-9-16(14,15)13(8-6-7-12)10-11(2)3/h11H,4-10,12H2,1-3H3. The molecule has 0 amide bonds. The summed E-state index contributed by atoms with van der Waals surface area (Å²) in [6.07, 6.45) is 2.38. The largest absolute Gasteiger partial charge is 0.330 e. The minimum atomic E-state index is -3.07. The summed E-state index contributed by atoms with van der Waals surface area (Å²) in [5.41, 5.74) is 5.43. The minimum absolute atomic E-state index is 0.265. The second-order valence-electron chi connectivity index (χ2n) is 4.56. The summed E-state index contributed by atoms with van der Waals surface area (Å²) in [7, 11) is -3.07. The molecule has 0 unspecified atom stereocenters. The second kappa shape index (κ2) is 8.03. The van der Waals surface area contributed by atoms with E-state index in [9.17, 15) is 8.42 Å². The van der Waals surface area contributed by atoms with Crippen LogP contribution in [0.1, 0.15) is 40.0 Å². The first kappa shape index (κ1) is 15.9. The van der Waals surface area contributed by atoms with Crippen molar-refractivity contribution < 1.29 is 8.42 Å². The zero-order valence-electron chi connectivity index (χ0n) is 10.8. The predicted molar refractivity (Wildman–Crippen MR) is 68.8 cm³/mol. The van der Waals surface area contributed by atoms with E-state index >= 15 is 0 Å². The molecule has 0 aromatic carbocycles. The molecule has 0 saturated heterocycles. The Bertz CT molecular complexity index is 263. The summed E-state index contributed by atoms with van der Waals surface area (Å²) in [5, 5.41) is 0. The van der Waals surface area contributed by atoms with E-state index in [-0.39, 0.29) is 5.75 Å². The van der Waals surface area contributed by atoms with Gasteiger partial charge >= 0.3 is 0 Å². The number of hydrogen-bond donors (Lipinski definition) is 1. The first-order valence-corrected chi connectivity index (χ1v) is 7.72. The van der Waals surface area contributed by atoms with E-state index in [0.29, 0.717) is 25.6 Å². The Morgan fingerprint density at radius 2 is 1.88 bits per heavy atom. The topological polar surface area (TPSA) is 63.4 Å². The summed E-state index contributed by atoms with van der Waals surface area (Å²) in [6, 6.07) is 0. The highest BCUT2D eigenvalue weighted by Gasteiger charge is 2.21. The number of nitrogens with two attached hydrogens (primary N) is 1. The average Bonchev–Trinajstić information content (AvgIpc) is 2.20. The van der Waals surface area contributed by atoms with Gasteiger partial charge in [-0.3, -0.25) is 0 Å². The van der Waals surface area contributed by atoms with Crippen molar-refractivity contribution in [2.45, 2.75) is 40.0 Å². The van der Waals surface area contributed by atoms with E-state index in [4.69, 9.17) is 5.73 Å². The summed E-state index contributed by atoms with van der Waals surface area (Å²) in [5.74, 6) is 0.620. The van der Waals surface area contributed by atoms with Gasteiger partial charge in [0.25, 0.3) is 0 Å². The molecule has 0 aliphatic carbocycles. The molecule has 4 nitrogen and oxygen atoms in total. The lowest BCUT2D eigenvalue weighted by atomic mass is 10.2. The van der Waals surface area contributed by atoms with Gasteiger partial charge in [0.2, 0.25) is 10.0 Å². The van der Waals surface area contributed by atoms with Crippen LogP contribution in [-0.2, 0) is 10.0 Å². The zero-order chi connectivity index (χ0) is 12.6. The molecule has 0 radical (unpaired) electrons. The van der Waals surface area contributed by atoms with Crippen LogP contribution in [-0.4, -0.2) is 38.1 Å². The van der Waals surface area contributed by atoms with Gasteiger partial charge in [-0.1, -0.05) is 27.2 Å². The molecule has 0 rings (SSSR count). The number of hydrogen-bond acceptors (Lipinski definition) is 3. The fourth-order valence-electron chi connectivity index (χ4n) is 1.47. The molecule has 0 spiro atoms. The fraction of sp³-hybridized carbons (Fsp3) is 1.00. The van der Waals surface area contributed by atoms with Gasteiger partial charge in [-0.05, 0) is 25.3 Å². The van der Waals surface area contributed by atoms with Gasteiger partial charge in [0.1, 0.15) is 0 Å². The predicted octanol–water partition coefficient (Wildman–Crippen LogP) is 1.42. The number of rotatable bonds is 9. The van der Waals surface area contributed by atoms with Gasteiger partial charge < -0.3 is 5.73 Å². The second-order valence-corrected chi connectivity index (χ2v) is 6.65. The van der Waals surface area contributed by atoms with Crippen LogP contribution >= 0.6 is 0 Å². The molecule has 0 aliphatic heterocycles. The molecular formula is C11H26N2O2S. The van der Waals surface area contributed by atoms with E-state index in [1.807, 2.05) is 20.8 Å². The molecule has 0 atom stereocenters. The Balaban J connectivity index is 4.46. The van der Waals surface area contributed by atoms with Gasteiger partial charge in [0, 0.05) is 13.1 Å². The van der Waals surface area contributed by atoms with Crippen molar-refractivity contribution in [2.24, 2.45) is 11.7 Å². The van der Waals surface area contributed by atoms with Crippen molar-refractivity contribution in [3.8, 4) is 0 Å². The molecule has 0 fully saturated rings. The van der Waals surface area contributed by atoms with Gasteiger partial charge in [-0.15, -0.1) is 0 Å². The van der Waals surface area contributed by atoms with E-state index < -0.39 is 10.0 Å². The average molecular weight is 250 g/mol. The summed E-state index contributed by atoms with van der Waals surface area (Å²) in [4.78, 5) is 0. The molecule has 2 N–H and O–H groups in total. The van der Waals surface area contributed by atoms with Crippen molar-refractivity contribution in [3.63, 3.8) is 0 Å². The molecule has 0 heterocycles. The Labute approximate surface area is 100 Å². The van der Waals surface area contributed by atoms with Crippen LogP contribution in [0.3, 0.4) is 0 Å². The third kappa shape index (κ3) is 6.45. The zero-order valence-corrected chi connectivity index (χ0v) is 11.6. The van der Waals surface area contributed by atoms with Crippen molar-refractivity contribution in [1.82, 2.24) is 4.31 Å². The maximum absolute atomic E-state index is 12.0. The van der Waals surface area contributed by atoms with Crippen LogP contribution in [0, 0.1) is 5.92 Å². The van der Waals surface area contributed by atoms with E-state index in [1.54, 1.807) is 4.31 Å². The lowest BCUT2D eigenvalue weighted by molar-refractivity contribution is 0.363. The Morgan fingerprint density at radius 3 is 2.31 bits per heavy atom. The Hall–Kier alpha value is -0.130. The maximum atomic E-state index is 12.0. The van der Waals surface area contributed by atoms with Crippen molar-refractivity contribution >= 4 is 10.0 Å². The van der Waals surface area contributed by atoms with E-state index in [0.717, 1.165) is 19.3 Å². The number of sulfonamides is 1. The number of nitrogens with zero attached hydrogens (tertiary/aromatic N) is 1. The van der Waals surface area contributed by atoms with Crippen LogP contribution in [0.2, 0.25) is 0 Å². The lowest BCUT2D eigenvalue weighted by Gasteiger charge is -2.23. The van der Waals surface area contributed by atoms with Crippen LogP contribution in [0.4, 0.5) is 0 Å². The maximum Gasteiger partial charge on any atom is 0.214 e. The lowest BCUT2D eigenvalue weighted by Crippen LogP contribution is -2.37. The molecule has 0 bridgehead atoms. The normalized spacial score (nSPS) is 12.6. The Kier molecular flexibility index (Phi) is 7.97. The van der Waals surface area contributed by atoms with Crippen molar-refractivity contribution in [1.29, 1.82) is 0 Å². The smallest absolute Gasteiger partial charge is 0.214 e. The molecule has 0 aromatic heterocycles. The molecule has 98 valence electrons. The van der Waals surface area contributed by atoms with Gasteiger partial charge in [-0.25, -0.2) is 12.7 Å². The van der Waals surface area contributed by atoms with Crippen molar-refractivity contribution in [2.75, 3.05) is 25.4 Å². The minimum Gasteiger partial charge on any atom is -0.330 e. The van der Waals surface area contributed by atoms with Crippen LogP contribution < -0.4 is 5.73 Å². The molecule has 5 heteroatoms. The first-order valence-electron chi connectivity index (χ1n) is 6.12.